The van der Waals surface area contributed by atoms with Gasteiger partial charge in [0.25, 0.3) is 0 Å². The molecule has 1 fully saturated rings. The minimum absolute atomic E-state index is 0.0565. The molecule has 10 heteroatoms. The molecule has 0 unspecified atom stereocenters. The smallest absolute Gasteiger partial charge is 0.247 e. The van der Waals surface area contributed by atoms with Gasteiger partial charge in [0.15, 0.2) is 0 Å². The van der Waals surface area contributed by atoms with E-state index in [0.29, 0.717) is 11.1 Å². The van der Waals surface area contributed by atoms with Gasteiger partial charge in [-0.3, -0.25) is 9.59 Å². The molecule has 5 rings (SSSR count). The number of hydrogen-bond donors (Lipinski definition) is 2. The van der Waals surface area contributed by atoms with Gasteiger partial charge in [0.1, 0.15) is 24.2 Å². The summed E-state index contributed by atoms with van der Waals surface area (Å²) in [6.07, 6.45) is 3.90. The first-order valence-electron chi connectivity index (χ1n) is 12.9. The van der Waals surface area contributed by atoms with Crippen LogP contribution in [0.15, 0.2) is 78.9 Å². The van der Waals surface area contributed by atoms with Gasteiger partial charge >= 0.3 is 0 Å². The molecule has 0 aliphatic heterocycles. The van der Waals surface area contributed by atoms with E-state index in [9.17, 15) is 19.1 Å². The summed E-state index contributed by atoms with van der Waals surface area (Å²) in [4.78, 5) is 30.3. The van der Waals surface area contributed by atoms with Crippen LogP contribution in [0.25, 0.3) is 11.4 Å². The molecular formula is C29H29FN6O3. The molecule has 1 aliphatic rings. The second-order valence-electron chi connectivity index (χ2n) is 9.64. The van der Waals surface area contributed by atoms with Gasteiger partial charge in [-0.05, 0) is 65.6 Å². The van der Waals surface area contributed by atoms with Gasteiger partial charge in [-0.15, -0.1) is 10.2 Å². The Morgan fingerprint density at radius 2 is 1.69 bits per heavy atom. The van der Waals surface area contributed by atoms with Crippen LogP contribution >= 0.6 is 0 Å². The summed E-state index contributed by atoms with van der Waals surface area (Å²) in [7, 11) is 0. The summed E-state index contributed by atoms with van der Waals surface area (Å²) < 4.78 is 13.3. The van der Waals surface area contributed by atoms with E-state index in [1.165, 1.54) is 46.1 Å². The average molecular weight is 529 g/mol. The van der Waals surface area contributed by atoms with Crippen molar-refractivity contribution in [2.45, 2.75) is 50.9 Å². The van der Waals surface area contributed by atoms with E-state index in [4.69, 9.17) is 0 Å². The summed E-state index contributed by atoms with van der Waals surface area (Å²) >= 11 is 0. The third-order valence-electron chi connectivity index (χ3n) is 6.82. The van der Waals surface area contributed by atoms with Gasteiger partial charge < -0.3 is 15.3 Å². The number of amides is 2. The number of aromatic nitrogens is 4. The molecule has 0 saturated heterocycles. The van der Waals surface area contributed by atoms with Crippen molar-refractivity contribution in [2.24, 2.45) is 0 Å². The maximum absolute atomic E-state index is 13.8. The number of phenolic OH excluding ortho intramolecular Hbond substituents is 1. The number of rotatable bonds is 9. The summed E-state index contributed by atoms with van der Waals surface area (Å²) in [6.45, 7) is -0.0882. The Labute approximate surface area is 225 Å². The number of benzene rings is 3. The quantitative estimate of drug-likeness (QED) is 0.339. The van der Waals surface area contributed by atoms with E-state index in [1.54, 1.807) is 12.1 Å². The normalized spacial score (nSPS) is 14.2. The van der Waals surface area contributed by atoms with Gasteiger partial charge in [-0.2, -0.15) is 4.80 Å². The lowest BCUT2D eigenvalue weighted by atomic mass is 10.0. The highest BCUT2D eigenvalue weighted by Gasteiger charge is 2.33. The first-order chi connectivity index (χ1) is 19.0. The minimum Gasteiger partial charge on any atom is -0.508 e. The summed E-state index contributed by atoms with van der Waals surface area (Å²) in [5, 5.41) is 25.3. The highest BCUT2D eigenvalue weighted by atomic mass is 19.1. The highest BCUT2D eigenvalue weighted by Crippen LogP contribution is 2.27. The molecule has 39 heavy (non-hydrogen) atoms. The molecule has 1 aromatic heterocycles. The lowest BCUT2D eigenvalue weighted by molar-refractivity contribution is -0.142. The van der Waals surface area contributed by atoms with Crippen LogP contribution in [0.2, 0.25) is 0 Å². The summed E-state index contributed by atoms with van der Waals surface area (Å²) in [5.74, 6) is -0.729. The Balaban J connectivity index is 1.45. The standard InChI is InChI=1S/C29H29FN6O3/c30-23-14-10-22(11-15-23)28-32-34-36(33-28)19-26(38)35(18-20-6-2-1-3-7-20)27(21-12-16-25(37)17-13-21)29(39)31-24-8-4-5-9-24/h1-3,6-7,10-17,24,27,37H,4-5,8-9,18-19H2,(H,31,39)/t27-/m1/s1. The molecule has 1 heterocycles. The molecule has 0 bridgehead atoms. The van der Waals surface area contributed by atoms with E-state index in [0.717, 1.165) is 31.2 Å². The number of aromatic hydroxyl groups is 1. The molecule has 0 spiro atoms. The minimum atomic E-state index is -0.945. The monoisotopic (exact) mass is 528 g/mol. The van der Waals surface area contributed by atoms with Gasteiger partial charge in [0.05, 0.1) is 0 Å². The molecule has 2 N–H and O–H groups in total. The number of phenols is 1. The second kappa shape index (κ2) is 11.8. The number of nitrogens with zero attached hydrogens (tertiary/aromatic N) is 5. The Kier molecular flexibility index (Phi) is 7.91. The van der Waals surface area contributed by atoms with Crippen LogP contribution in [-0.2, 0) is 22.7 Å². The van der Waals surface area contributed by atoms with Gasteiger partial charge in [0, 0.05) is 18.2 Å². The molecule has 2 amide bonds. The molecule has 4 aromatic rings. The Morgan fingerprint density at radius 1 is 1.00 bits per heavy atom. The van der Waals surface area contributed by atoms with Crippen molar-refractivity contribution in [1.82, 2.24) is 30.4 Å². The van der Waals surface area contributed by atoms with Crippen LogP contribution in [0.1, 0.15) is 42.9 Å². The van der Waals surface area contributed by atoms with Crippen molar-refractivity contribution in [3.63, 3.8) is 0 Å². The fourth-order valence-corrected chi connectivity index (χ4v) is 4.82. The Hall–Kier alpha value is -4.60. The largest absolute Gasteiger partial charge is 0.508 e. The van der Waals surface area contributed by atoms with Crippen molar-refractivity contribution in [3.8, 4) is 17.1 Å². The van der Waals surface area contributed by atoms with Gasteiger partial charge in [-0.25, -0.2) is 4.39 Å². The fourth-order valence-electron chi connectivity index (χ4n) is 4.82. The maximum Gasteiger partial charge on any atom is 0.247 e. The zero-order chi connectivity index (χ0) is 27.2. The molecule has 9 nitrogen and oxygen atoms in total. The topological polar surface area (TPSA) is 113 Å². The molecular weight excluding hydrogens is 499 g/mol. The van der Waals surface area contributed by atoms with E-state index in [2.05, 4.69) is 20.7 Å². The molecule has 1 aliphatic carbocycles. The van der Waals surface area contributed by atoms with E-state index in [1.807, 2.05) is 30.3 Å². The number of carbonyl (C=O) groups excluding carboxylic acids is 2. The Bertz CT molecular complexity index is 1400. The maximum atomic E-state index is 13.8. The van der Waals surface area contributed by atoms with Crippen molar-refractivity contribution in [2.75, 3.05) is 0 Å². The molecule has 0 radical (unpaired) electrons. The second-order valence-corrected chi connectivity index (χ2v) is 9.64. The predicted octanol–water partition coefficient (Wildman–Crippen LogP) is 4.01. The number of hydrogen-bond acceptors (Lipinski definition) is 6. The van der Waals surface area contributed by atoms with Crippen molar-refractivity contribution in [1.29, 1.82) is 0 Å². The zero-order valence-corrected chi connectivity index (χ0v) is 21.3. The number of carbonyl (C=O) groups is 2. The van der Waals surface area contributed by atoms with E-state index >= 15 is 0 Å². The van der Waals surface area contributed by atoms with Crippen LogP contribution in [0.5, 0.6) is 5.75 Å². The van der Waals surface area contributed by atoms with Crippen LogP contribution < -0.4 is 5.32 Å². The van der Waals surface area contributed by atoms with Gasteiger partial charge in [0.2, 0.25) is 17.6 Å². The van der Waals surface area contributed by atoms with Crippen LogP contribution in [0, 0.1) is 5.82 Å². The lowest BCUT2D eigenvalue weighted by Crippen LogP contribution is -2.46. The van der Waals surface area contributed by atoms with E-state index in [-0.39, 0.29) is 48.3 Å². The summed E-state index contributed by atoms with van der Waals surface area (Å²) in [6, 6.07) is 20.5. The third kappa shape index (κ3) is 6.46. The highest BCUT2D eigenvalue weighted by molar-refractivity contribution is 5.89. The van der Waals surface area contributed by atoms with Crippen molar-refractivity contribution >= 4 is 11.8 Å². The molecule has 1 saturated carbocycles. The Morgan fingerprint density at radius 3 is 2.38 bits per heavy atom. The number of tetrazole rings is 1. The molecule has 200 valence electrons. The summed E-state index contributed by atoms with van der Waals surface area (Å²) in [5.41, 5.74) is 1.99. The van der Waals surface area contributed by atoms with Crippen LogP contribution in [-0.4, -0.2) is 48.1 Å². The average Bonchev–Trinajstić information content (AvgIpc) is 3.63. The van der Waals surface area contributed by atoms with Crippen molar-refractivity contribution < 1.29 is 19.1 Å². The van der Waals surface area contributed by atoms with Crippen LogP contribution in [0.4, 0.5) is 4.39 Å². The molecule has 3 aromatic carbocycles. The van der Waals surface area contributed by atoms with E-state index < -0.39 is 6.04 Å². The fraction of sp³-hybridized carbons (Fsp3) is 0.276. The number of nitrogens with one attached hydrogen (secondary N) is 1. The lowest BCUT2D eigenvalue weighted by Gasteiger charge is -2.32. The number of halogens is 1. The van der Waals surface area contributed by atoms with Gasteiger partial charge in [-0.1, -0.05) is 55.3 Å². The third-order valence-corrected chi connectivity index (χ3v) is 6.82. The van der Waals surface area contributed by atoms with Crippen molar-refractivity contribution in [3.05, 3.63) is 95.8 Å². The predicted molar refractivity (Wildman–Crippen MR) is 141 cm³/mol. The first kappa shape index (κ1) is 26.0. The van der Waals surface area contributed by atoms with Crippen LogP contribution in [0.3, 0.4) is 0 Å². The molecule has 1 atom stereocenters. The first-order valence-corrected chi connectivity index (χ1v) is 12.9. The zero-order valence-electron chi connectivity index (χ0n) is 21.3. The SMILES string of the molecule is O=C(NC1CCCC1)[C@@H](c1ccc(O)cc1)N(Cc1ccccc1)C(=O)Cn1nnc(-c2ccc(F)cc2)n1.